The summed E-state index contributed by atoms with van der Waals surface area (Å²) in [5.41, 5.74) is 0.141. The van der Waals surface area contributed by atoms with E-state index in [1.54, 1.807) is 7.05 Å². The molecule has 0 unspecified atom stereocenters. The Morgan fingerprint density at radius 1 is 1.28 bits per heavy atom. The van der Waals surface area contributed by atoms with Gasteiger partial charge in [0.25, 0.3) is 0 Å². The number of rotatable bonds is 3. The predicted octanol–water partition coefficient (Wildman–Crippen LogP) is 3.49. The van der Waals surface area contributed by atoms with E-state index < -0.39 is 0 Å². The summed E-state index contributed by atoms with van der Waals surface area (Å²) in [5.74, 6) is 0. The maximum atomic E-state index is 11.7. The third-order valence-electron chi connectivity index (χ3n) is 3.78. The first-order chi connectivity index (χ1) is 8.12. The van der Waals surface area contributed by atoms with Crippen molar-refractivity contribution in [1.82, 2.24) is 5.01 Å². The van der Waals surface area contributed by atoms with Crippen LogP contribution in [0, 0.1) is 10.6 Å². The number of hydrazine groups is 1. The fraction of sp³-hybridized carbons (Fsp3) is 1.00. The second-order valence-corrected chi connectivity index (χ2v) is 7.00. The Morgan fingerprint density at radius 3 is 2.22 bits per heavy atom. The third-order valence-corrected chi connectivity index (χ3v) is 3.78. The van der Waals surface area contributed by atoms with Crippen molar-refractivity contribution < 1.29 is 9.81 Å². The van der Waals surface area contributed by atoms with E-state index in [9.17, 15) is 5.21 Å². The summed E-state index contributed by atoms with van der Waals surface area (Å²) in [6, 6.07) is 0. The van der Waals surface area contributed by atoms with E-state index in [0.29, 0.717) is 10.4 Å². The first-order valence-corrected chi connectivity index (χ1v) is 6.70. The van der Waals surface area contributed by atoms with Crippen LogP contribution in [0.15, 0.2) is 5.28 Å². The first kappa shape index (κ1) is 15.1. The zero-order chi connectivity index (χ0) is 14.0. The van der Waals surface area contributed by atoms with Crippen LogP contribution in [0.5, 0.6) is 0 Å². The molecule has 0 spiro atoms. The average Bonchev–Trinajstić information content (AvgIpc) is 2.25. The highest BCUT2D eigenvalue weighted by Gasteiger charge is 2.29. The number of hydrogen-bond donors (Lipinski definition) is 0. The molecule has 5 heteroatoms. The summed E-state index contributed by atoms with van der Waals surface area (Å²) in [5, 5.41) is 16.9. The maximum Gasteiger partial charge on any atom is 0.233 e. The molecular formula is C13H27N3O2. The van der Waals surface area contributed by atoms with Crippen LogP contribution in [-0.2, 0) is 4.84 Å². The Balaban J connectivity index is 2.45. The van der Waals surface area contributed by atoms with Crippen molar-refractivity contribution in [3.8, 4) is 0 Å². The summed E-state index contributed by atoms with van der Waals surface area (Å²) >= 11 is 0. The van der Waals surface area contributed by atoms with E-state index >= 15 is 0 Å². The zero-order valence-corrected chi connectivity index (χ0v) is 12.6. The predicted molar refractivity (Wildman–Crippen MR) is 70.7 cm³/mol. The van der Waals surface area contributed by atoms with Gasteiger partial charge in [0.05, 0.1) is 17.6 Å². The molecular weight excluding hydrogens is 230 g/mol. The van der Waals surface area contributed by atoms with Crippen LogP contribution in [0.2, 0.25) is 0 Å². The van der Waals surface area contributed by atoms with Gasteiger partial charge in [-0.3, -0.25) is 0 Å². The lowest BCUT2D eigenvalue weighted by molar-refractivity contribution is -0.720. The molecule has 1 saturated carbocycles. The van der Waals surface area contributed by atoms with Gasteiger partial charge in [-0.1, -0.05) is 13.8 Å². The monoisotopic (exact) mass is 257 g/mol. The van der Waals surface area contributed by atoms with E-state index in [1.165, 1.54) is 5.01 Å². The fourth-order valence-corrected chi connectivity index (χ4v) is 1.90. The van der Waals surface area contributed by atoms with E-state index in [2.05, 4.69) is 19.1 Å². The van der Waals surface area contributed by atoms with E-state index in [4.69, 9.17) is 4.84 Å². The van der Waals surface area contributed by atoms with E-state index in [-0.39, 0.29) is 11.6 Å². The average molecular weight is 257 g/mol. The smallest absolute Gasteiger partial charge is 0.233 e. The van der Waals surface area contributed by atoms with E-state index in [0.717, 1.165) is 25.7 Å². The lowest BCUT2D eigenvalue weighted by Gasteiger charge is -2.32. The molecule has 1 fully saturated rings. The van der Waals surface area contributed by atoms with Gasteiger partial charge in [0.15, 0.2) is 0 Å². The largest absolute Gasteiger partial charge is 0.569 e. The second-order valence-electron chi connectivity index (χ2n) is 7.00. The van der Waals surface area contributed by atoms with Crippen molar-refractivity contribution >= 4 is 0 Å². The molecule has 0 bridgehead atoms. The van der Waals surface area contributed by atoms with E-state index in [1.807, 2.05) is 20.8 Å². The number of nitrogens with zero attached hydrogens (tertiary/aromatic N) is 3. The third kappa shape index (κ3) is 4.35. The maximum absolute atomic E-state index is 11.7. The first-order valence-electron chi connectivity index (χ1n) is 6.70. The molecule has 0 aromatic rings. The van der Waals surface area contributed by atoms with Gasteiger partial charge >= 0.3 is 0 Å². The minimum absolute atomic E-state index is 0.0860. The SMILES string of the molecule is CN(/[N+]([O-])=N/OC1CCC(C)(C)CC1)C(C)(C)C. The van der Waals surface area contributed by atoms with Crippen molar-refractivity contribution in [1.29, 1.82) is 0 Å². The van der Waals surface area contributed by atoms with Gasteiger partial charge in [-0.25, -0.2) is 0 Å². The molecule has 5 nitrogen and oxygen atoms in total. The molecule has 0 aromatic heterocycles. The Morgan fingerprint density at radius 2 is 1.78 bits per heavy atom. The molecule has 0 atom stereocenters. The Bertz CT molecular complexity index is 298. The molecule has 0 aromatic carbocycles. The molecule has 0 amide bonds. The highest BCUT2D eigenvalue weighted by Crippen LogP contribution is 2.36. The van der Waals surface area contributed by atoms with Crippen LogP contribution in [0.3, 0.4) is 0 Å². The number of hydrogen-bond acceptors (Lipinski definition) is 3. The minimum atomic E-state index is -0.261. The normalized spacial score (nSPS) is 21.8. The summed E-state index contributed by atoms with van der Waals surface area (Å²) < 4.78 is 0. The highest BCUT2D eigenvalue weighted by molar-refractivity contribution is 4.78. The van der Waals surface area contributed by atoms with Crippen molar-refractivity contribution in [2.24, 2.45) is 10.7 Å². The van der Waals surface area contributed by atoms with Crippen LogP contribution >= 0.6 is 0 Å². The summed E-state index contributed by atoms with van der Waals surface area (Å²) in [7, 11) is 1.71. The van der Waals surface area contributed by atoms with Gasteiger partial charge in [-0.15, -0.1) is 5.01 Å². The van der Waals surface area contributed by atoms with Crippen LogP contribution in [0.1, 0.15) is 60.3 Å². The Labute approximate surface area is 110 Å². The Kier molecular flexibility index (Phi) is 4.46. The second kappa shape index (κ2) is 5.33. The minimum Gasteiger partial charge on any atom is -0.569 e. The highest BCUT2D eigenvalue weighted by atomic mass is 16.7. The van der Waals surface area contributed by atoms with Crippen molar-refractivity contribution in [3.05, 3.63) is 5.21 Å². The fourth-order valence-electron chi connectivity index (χ4n) is 1.90. The van der Waals surface area contributed by atoms with Crippen molar-refractivity contribution in [2.75, 3.05) is 7.05 Å². The Hall–Kier alpha value is -1.00. The van der Waals surface area contributed by atoms with Gasteiger partial charge < -0.3 is 10.0 Å². The van der Waals surface area contributed by atoms with Gasteiger partial charge in [0.1, 0.15) is 6.10 Å². The topological polar surface area (TPSA) is 50.9 Å². The lowest BCUT2D eigenvalue weighted by Crippen LogP contribution is -2.42. The van der Waals surface area contributed by atoms with Crippen LogP contribution in [-0.4, -0.2) is 28.7 Å². The summed E-state index contributed by atoms with van der Waals surface area (Å²) in [6.45, 7) is 10.4. The standard InChI is InChI=1S/C13H27N3O2/c1-12(2,3)15(6)16(17)14-18-11-7-9-13(4,5)10-8-11/h11H,7-10H2,1-6H3/b16-14-. The quantitative estimate of drug-likeness (QED) is 0.442. The van der Waals surface area contributed by atoms with Crippen molar-refractivity contribution in [3.63, 3.8) is 0 Å². The summed E-state index contributed by atoms with van der Waals surface area (Å²) in [4.78, 5) is 5.89. The molecule has 1 aliphatic rings. The molecule has 0 saturated heterocycles. The zero-order valence-electron chi connectivity index (χ0n) is 12.6. The van der Waals surface area contributed by atoms with Crippen LogP contribution < -0.4 is 0 Å². The molecule has 18 heavy (non-hydrogen) atoms. The molecule has 0 N–H and O–H groups in total. The van der Waals surface area contributed by atoms with Gasteiger partial charge in [0, 0.05) is 0 Å². The molecule has 0 heterocycles. The van der Waals surface area contributed by atoms with Crippen LogP contribution in [0.25, 0.3) is 0 Å². The molecule has 1 rings (SSSR count). The molecule has 0 radical (unpaired) electrons. The summed E-state index contributed by atoms with van der Waals surface area (Å²) in [6.07, 6.45) is 4.29. The lowest BCUT2D eigenvalue weighted by atomic mass is 9.76. The van der Waals surface area contributed by atoms with Gasteiger partial charge in [0.2, 0.25) is 5.28 Å². The molecule has 106 valence electrons. The molecule has 0 aliphatic heterocycles. The van der Waals surface area contributed by atoms with Crippen molar-refractivity contribution in [2.45, 2.75) is 71.9 Å². The molecule has 1 aliphatic carbocycles. The van der Waals surface area contributed by atoms with Gasteiger partial charge in [-0.2, -0.15) is 0 Å². The van der Waals surface area contributed by atoms with Crippen LogP contribution in [0.4, 0.5) is 0 Å². The van der Waals surface area contributed by atoms with Gasteiger partial charge in [-0.05, 0) is 51.9 Å².